The third kappa shape index (κ3) is 3.38. The van der Waals surface area contributed by atoms with E-state index in [-0.39, 0.29) is 11.8 Å². The van der Waals surface area contributed by atoms with Crippen molar-refractivity contribution in [3.8, 4) is 0 Å². The number of rotatable bonds is 3. The van der Waals surface area contributed by atoms with Crippen molar-refractivity contribution in [1.82, 2.24) is 4.98 Å². The van der Waals surface area contributed by atoms with Crippen molar-refractivity contribution in [3.05, 3.63) is 40.1 Å². The minimum Gasteiger partial charge on any atom is -0.311 e. The highest BCUT2D eigenvalue weighted by molar-refractivity contribution is 7.12. The first-order valence-corrected chi connectivity index (χ1v) is 6.54. The van der Waals surface area contributed by atoms with Gasteiger partial charge in [0.2, 0.25) is 5.91 Å². The molecule has 0 unspecified atom stereocenters. The zero-order valence-corrected chi connectivity index (χ0v) is 11.4. The Morgan fingerprint density at radius 2 is 2.00 bits per heavy atom. The predicted molar refractivity (Wildman–Crippen MR) is 75.5 cm³/mol. The third-order valence-electron chi connectivity index (χ3n) is 2.38. The molecule has 2 amide bonds. The fourth-order valence-corrected chi connectivity index (χ4v) is 2.10. The maximum absolute atomic E-state index is 11.9. The zero-order chi connectivity index (χ0) is 13.8. The molecule has 2 aromatic heterocycles. The van der Waals surface area contributed by atoms with Crippen LogP contribution in [0.3, 0.4) is 0 Å². The Hall–Kier alpha value is -2.21. The lowest BCUT2D eigenvalue weighted by atomic mass is 10.3. The molecule has 0 saturated carbocycles. The number of pyridine rings is 1. The lowest BCUT2D eigenvalue weighted by Crippen LogP contribution is -2.14. The van der Waals surface area contributed by atoms with E-state index in [1.807, 2.05) is 18.4 Å². The number of aryl methyl sites for hydroxylation is 1. The van der Waals surface area contributed by atoms with Crippen LogP contribution in [0.2, 0.25) is 0 Å². The van der Waals surface area contributed by atoms with Gasteiger partial charge in [-0.15, -0.1) is 11.3 Å². The topological polar surface area (TPSA) is 71.1 Å². The quantitative estimate of drug-likeness (QED) is 0.904. The van der Waals surface area contributed by atoms with Crippen LogP contribution < -0.4 is 10.6 Å². The SMILES string of the molecule is CC(=O)Nc1nc(NC(=O)c2cccs2)ccc1C. The Balaban J connectivity index is 2.17. The molecule has 0 spiro atoms. The first-order valence-electron chi connectivity index (χ1n) is 5.66. The molecule has 0 fully saturated rings. The molecule has 2 aromatic rings. The highest BCUT2D eigenvalue weighted by atomic mass is 32.1. The highest BCUT2D eigenvalue weighted by Crippen LogP contribution is 2.17. The van der Waals surface area contributed by atoms with Crippen LogP contribution in [0.25, 0.3) is 0 Å². The minimum atomic E-state index is -0.208. The van der Waals surface area contributed by atoms with Crippen LogP contribution in [-0.2, 0) is 4.79 Å². The summed E-state index contributed by atoms with van der Waals surface area (Å²) in [6, 6.07) is 7.04. The number of anilines is 2. The fraction of sp³-hybridized carbons (Fsp3) is 0.154. The number of carbonyl (C=O) groups excluding carboxylic acids is 2. The summed E-state index contributed by atoms with van der Waals surface area (Å²) >= 11 is 1.36. The van der Waals surface area contributed by atoms with Gasteiger partial charge in [-0.1, -0.05) is 12.1 Å². The van der Waals surface area contributed by atoms with Crippen molar-refractivity contribution >= 4 is 34.8 Å². The van der Waals surface area contributed by atoms with Crippen molar-refractivity contribution in [2.45, 2.75) is 13.8 Å². The summed E-state index contributed by atoms with van der Waals surface area (Å²) < 4.78 is 0. The van der Waals surface area contributed by atoms with Gasteiger partial charge < -0.3 is 10.6 Å². The largest absolute Gasteiger partial charge is 0.311 e. The van der Waals surface area contributed by atoms with E-state index in [2.05, 4.69) is 15.6 Å². The number of nitrogens with zero attached hydrogens (tertiary/aromatic N) is 1. The monoisotopic (exact) mass is 275 g/mol. The number of aromatic nitrogens is 1. The second kappa shape index (κ2) is 5.62. The van der Waals surface area contributed by atoms with Crippen molar-refractivity contribution < 1.29 is 9.59 Å². The first-order chi connectivity index (χ1) is 9.06. The maximum Gasteiger partial charge on any atom is 0.266 e. The summed E-state index contributed by atoms with van der Waals surface area (Å²) in [6.45, 7) is 3.25. The van der Waals surface area contributed by atoms with Gasteiger partial charge in [0.1, 0.15) is 11.6 Å². The lowest BCUT2D eigenvalue weighted by Gasteiger charge is -2.08. The Kier molecular flexibility index (Phi) is 3.91. The summed E-state index contributed by atoms with van der Waals surface area (Å²) in [4.78, 5) is 27.7. The van der Waals surface area contributed by atoms with E-state index in [1.165, 1.54) is 18.3 Å². The summed E-state index contributed by atoms with van der Waals surface area (Å²) in [7, 11) is 0. The second-order valence-electron chi connectivity index (χ2n) is 3.97. The van der Waals surface area contributed by atoms with Gasteiger partial charge in [-0.05, 0) is 30.0 Å². The molecule has 0 radical (unpaired) electrons. The number of amides is 2. The molecule has 2 N–H and O–H groups in total. The molecule has 19 heavy (non-hydrogen) atoms. The van der Waals surface area contributed by atoms with Gasteiger partial charge in [0.15, 0.2) is 0 Å². The average molecular weight is 275 g/mol. The summed E-state index contributed by atoms with van der Waals surface area (Å²) in [6.07, 6.45) is 0. The molecule has 98 valence electrons. The van der Waals surface area contributed by atoms with Crippen LogP contribution in [-0.4, -0.2) is 16.8 Å². The minimum absolute atomic E-state index is 0.197. The van der Waals surface area contributed by atoms with E-state index in [4.69, 9.17) is 0 Å². The van der Waals surface area contributed by atoms with Crippen molar-refractivity contribution in [2.24, 2.45) is 0 Å². The van der Waals surface area contributed by atoms with Gasteiger partial charge in [-0.3, -0.25) is 9.59 Å². The van der Waals surface area contributed by atoms with Gasteiger partial charge in [0.05, 0.1) is 4.88 Å². The van der Waals surface area contributed by atoms with Gasteiger partial charge in [-0.25, -0.2) is 4.98 Å². The van der Waals surface area contributed by atoms with E-state index < -0.39 is 0 Å². The molecule has 0 atom stereocenters. The standard InChI is InChI=1S/C13H13N3O2S/c1-8-5-6-11(15-12(8)14-9(2)17)16-13(18)10-4-3-7-19-10/h3-7H,1-2H3,(H2,14,15,16,17,18). The summed E-state index contributed by atoms with van der Waals surface area (Å²) in [5, 5.41) is 7.15. The Morgan fingerprint density at radius 3 is 2.63 bits per heavy atom. The normalized spacial score (nSPS) is 10.0. The summed E-state index contributed by atoms with van der Waals surface area (Å²) in [5.41, 5.74) is 0.837. The van der Waals surface area contributed by atoms with E-state index in [9.17, 15) is 9.59 Å². The van der Waals surface area contributed by atoms with Crippen LogP contribution >= 0.6 is 11.3 Å². The van der Waals surface area contributed by atoms with E-state index >= 15 is 0 Å². The summed E-state index contributed by atoms with van der Waals surface area (Å²) in [5.74, 6) is 0.460. The zero-order valence-electron chi connectivity index (χ0n) is 10.6. The molecule has 2 heterocycles. The van der Waals surface area contributed by atoms with E-state index in [1.54, 1.807) is 18.2 Å². The number of hydrogen-bond acceptors (Lipinski definition) is 4. The van der Waals surface area contributed by atoms with Crippen molar-refractivity contribution in [2.75, 3.05) is 10.6 Å². The van der Waals surface area contributed by atoms with Crippen molar-refractivity contribution in [1.29, 1.82) is 0 Å². The van der Waals surface area contributed by atoms with Crippen LogP contribution in [0, 0.1) is 6.92 Å². The van der Waals surface area contributed by atoms with E-state index in [0.717, 1.165) is 5.56 Å². The van der Waals surface area contributed by atoms with Crippen molar-refractivity contribution in [3.63, 3.8) is 0 Å². The number of carbonyl (C=O) groups is 2. The Bertz CT molecular complexity index is 608. The Labute approximate surface area is 114 Å². The van der Waals surface area contributed by atoms with Crippen LogP contribution in [0.1, 0.15) is 22.2 Å². The average Bonchev–Trinajstić information content (AvgIpc) is 2.86. The molecule has 0 bridgehead atoms. The van der Waals surface area contributed by atoms with Gasteiger partial charge in [0, 0.05) is 6.92 Å². The number of nitrogens with one attached hydrogen (secondary N) is 2. The molecule has 0 aliphatic rings. The number of thiophene rings is 1. The smallest absolute Gasteiger partial charge is 0.266 e. The highest BCUT2D eigenvalue weighted by Gasteiger charge is 2.09. The molecular formula is C13H13N3O2S. The first kappa shape index (κ1) is 13.2. The molecule has 0 aromatic carbocycles. The molecule has 2 rings (SSSR count). The van der Waals surface area contributed by atoms with Gasteiger partial charge in [0.25, 0.3) is 5.91 Å². The third-order valence-corrected chi connectivity index (χ3v) is 3.25. The molecular weight excluding hydrogens is 262 g/mol. The molecule has 0 aliphatic carbocycles. The van der Waals surface area contributed by atoms with Crippen LogP contribution in [0.5, 0.6) is 0 Å². The predicted octanol–water partition coefficient (Wildman–Crippen LogP) is 2.66. The lowest BCUT2D eigenvalue weighted by molar-refractivity contribution is -0.114. The van der Waals surface area contributed by atoms with E-state index in [0.29, 0.717) is 16.5 Å². The fourth-order valence-electron chi connectivity index (χ4n) is 1.48. The molecule has 0 saturated heterocycles. The maximum atomic E-state index is 11.9. The molecule has 6 heteroatoms. The number of hydrogen-bond donors (Lipinski definition) is 2. The van der Waals surface area contributed by atoms with Gasteiger partial charge >= 0.3 is 0 Å². The Morgan fingerprint density at radius 1 is 1.21 bits per heavy atom. The molecule has 0 aliphatic heterocycles. The molecule has 5 nitrogen and oxygen atoms in total. The van der Waals surface area contributed by atoms with Crippen LogP contribution in [0.15, 0.2) is 29.6 Å². The van der Waals surface area contributed by atoms with Gasteiger partial charge in [-0.2, -0.15) is 0 Å². The van der Waals surface area contributed by atoms with Crippen LogP contribution in [0.4, 0.5) is 11.6 Å². The second-order valence-corrected chi connectivity index (χ2v) is 4.92.